The lowest BCUT2D eigenvalue weighted by Gasteiger charge is -2.15. The number of methoxy groups -OCH3 is 1. The van der Waals surface area contributed by atoms with Crippen molar-refractivity contribution in [2.24, 2.45) is 0 Å². The fraction of sp³-hybridized carbons (Fsp3) is 0.0909. The summed E-state index contributed by atoms with van der Waals surface area (Å²) in [7, 11) is 1.53. The lowest BCUT2D eigenvalue weighted by atomic mass is 10.1. The summed E-state index contributed by atoms with van der Waals surface area (Å²) in [6.07, 6.45) is 0. The predicted molar refractivity (Wildman–Crippen MR) is 117 cm³/mol. The van der Waals surface area contributed by atoms with Crippen LogP contribution in [-0.4, -0.2) is 18.9 Å². The number of thiophene rings is 1. The summed E-state index contributed by atoms with van der Waals surface area (Å²) >= 11 is 7.62. The molecule has 1 aliphatic heterocycles. The Kier molecular flexibility index (Phi) is 5.13. The molecule has 0 radical (unpaired) electrons. The highest BCUT2D eigenvalue weighted by molar-refractivity contribution is 7.11. The maximum Gasteiger partial charge on any atom is 0.282 e. The van der Waals surface area contributed by atoms with Crippen molar-refractivity contribution in [2.45, 2.75) is 6.92 Å². The van der Waals surface area contributed by atoms with E-state index in [1.807, 2.05) is 36.6 Å². The lowest BCUT2D eigenvalue weighted by molar-refractivity contribution is -0.120. The zero-order valence-corrected chi connectivity index (χ0v) is 17.3. The molecule has 1 N–H and O–H groups in total. The molecular formula is C22H17ClN2O3S. The number of halogens is 1. The van der Waals surface area contributed by atoms with Gasteiger partial charge in [0, 0.05) is 10.6 Å². The number of amides is 2. The van der Waals surface area contributed by atoms with Gasteiger partial charge in [0.2, 0.25) is 0 Å². The molecule has 0 aliphatic carbocycles. The number of hydrogen-bond donors (Lipinski definition) is 1. The SMILES string of the molecule is COc1ccc(NC2=C(c3cccs3)C(=O)N(c3ccc(C)cc3)C2=O)cc1Cl. The van der Waals surface area contributed by atoms with Gasteiger partial charge >= 0.3 is 0 Å². The number of nitrogens with one attached hydrogen (secondary N) is 1. The molecule has 0 bridgehead atoms. The number of hydrogen-bond acceptors (Lipinski definition) is 5. The van der Waals surface area contributed by atoms with E-state index in [2.05, 4.69) is 5.32 Å². The van der Waals surface area contributed by atoms with E-state index in [4.69, 9.17) is 16.3 Å². The summed E-state index contributed by atoms with van der Waals surface area (Å²) in [6, 6.07) is 16.1. The van der Waals surface area contributed by atoms with Gasteiger partial charge in [-0.15, -0.1) is 11.3 Å². The quantitative estimate of drug-likeness (QED) is 0.578. The van der Waals surface area contributed by atoms with Gasteiger partial charge in [0.15, 0.2) is 0 Å². The van der Waals surface area contributed by atoms with Gasteiger partial charge in [0.05, 0.1) is 23.4 Å². The lowest BCUT2D eigenvalue weighted by Crippen LogP contribution is -2.32. The van der Waals surface area contributed by atoms with E-state index in [0.29, 0.717) is 27.7 Å². The fourth-order valence-electron chi connectivity index (χ4n) is 3.11. The van der Waals surface area contributed by atoms with Gasteiger partial charge in [-0.3, -0.25) is 9.59 Å². The summed E-state index contributed by atoms with van der Waals surface area (Å²) in [5.74, 6) is -0.239. The maximum absolute atomic E-state index is 13.3. The Morgan fingerprint density at radius 2 is 1.79 bits per heavy atom. The van der Waals surface area contributed by atoms with Crippen LogP contribution in [0.25, 0.3) is 5.57 Å². The summed E-state index contributed by atoms with van der Waals surface area (Å²) < 4.78 is 5.17. The first kappa shape index (κ1) is 19.2. The number of ether oxygens (including phenoxy) is 1. The predicted octanol–water partition coefficient (Wildman–Crippen LogP) is 5.12. The molecule has 7 heteroatoms. The number of carbonyl (C=O) groups excluding carboxylic acids is 2. The minimum atomic E-state index is -0.408. The monoisotopic (exact) mass is 424 g/mol. The Hall–Kier alpha value is -3.09. The van der Waals surface area contributed by atoms with Crippen molar-refractivity contribution >= 4 is 51.7 Å². The Morgan fingerprint density at radius 3 is 2.41 bits per heavy atom. The van der Waals surface area contributed by atoms with E-state index in [1.165, 1.54) is 23.3 Å². The highest BCUT2D eigenvalue weighted by Gasteiger charge is 2.40. The minimum Gasteiger partial charge on any atom is -0.495 e. The molecule has 3 aromatic rings. The summed E-state index contributed by atoms with van der Waals surface area (Å²) in [6.45, 7) is 1.95. The molecule has 0 saturated heterocycles. The standard InChI is InChI=1S/C22H17ClN2O3S/c1-13-5-8-15(9-6-13)25-21(26)19(18-4-3-11-29-18)20(22(25)27)24-14-7-10-17(28-2)16(23)12-14/h3-12,24H,1-2H3. The summed E-state index contributed by atoms with van der Waals surface area (Å²) in [4.78, 5) is 28.4. The Bertz CT molecular complexity index is 1120. The third-order valence-corrected chi connectivity index (χ3v) is 5.75. The van der Waals surface area contributed by atoms with E-state index >= 15 is 0 Å². The average molecular weight is 425 g/mol. The minimum absolute atomic E-state index is 0.222. The number of carbonyl (C=O) groups is 2. The van der Waals surface area contributed by atoms with E-state index < -0.39 is 5.91 Å². The van der Waals surface area contributed by atoms with Crippen LogP contribution in [0.5, 0.6) is 5.75 Å². The van der Waals surface area contributed by atoms with Crippen LogP contribution in [-0.2, 0) is 9.59 Å². The fourth-order valence-corrected chi connectivity index (χ4v) is 4.14. The van der Waals surface area contributed by atoms with Crippen LogP contribution >= 0.6 is 22.9 Å². The zero-order valence-electron chi connectivity index (χ0n) is 15.7. The van der Waals surface area contributed by atoms with Gasteiger partial charge < -0.3 is 10.1 Å². The van der Waals surface area contributed by atoms with Crippen molar-refractivity contribution in [3.63, 3.8) is 0 Å². The third kappa shape index (κ3) is 3.52. The number of benzene rings is 2. The van der Waals surface area contributed by atoms with Crippen LogP contribution in [0.4, 0.5) is 11.4 Å². The van der Waals surface area contributed by atoms with Crippen LogP contribution in [0, 0.1) is 6.92 Å². The van der Waals surface area contributed by atoms with E-state index in [0.717, 1.165) is 10.4 Å². The van der Waals surface area contributed by atoms with Crippen molar-refractivity contribution in [1.29, 1.82) is 0 Å². The number of anilines is 2. The van der Waals surface area contributed by atoms with Gasteiger partial charge in [0.1, 0.15) is 11.4 Å². The van der Waals surface area contributed by atoms with Gasteiger partial charge in [-0.2, -0.15) is 0 Å². The molecule has 2 amide bonds. The van der Waals surface area contributed by atoms with E-state index in [9.17, 15) is 9.59 Å². The topological polar surface area (TPSA) is 58.6 Å². The Balaban J connectivity index is 1.77. The van der Waals surface area contributed by atoms with Gasteiger partial charge in [-0.1, -0.05) is 35.4 Å². The van der Waals surface area contributed by atoms with Gasteiger partial charge in [-0.05, 0) is 48.7 Å². The molecule has 146 valence electrons. The van der Waals surface area contributed by atoms with E-state index in [1.54, 1.807) is 30.3 Å². The molecule has 2 aromatic carbocycles. The molecule has 1 aliphatic rings. The largest absolute Gasteiger partial charge is 0.495 e. The molecular weight excluding hydrogens is 408 g/mol. The first-order valence-corrected chi connectivity index (χ1v) is 10.1. The van der Waals surface area contributed by atoms with Crippen molar-refractivity contribution in [3.05, 3.63) is 81.1 Å². The molecule has 1 aromatic heterocycles. The second-order valence-electron chi connectivity index (χ2n) is 6.48. The molecule has 4 rings (SSSR count). The second-order valence-corrected chi connectivity index (χ2v) is 7.84. The molecule has 0 fully saturated rings. The van der Waals surface area contributed by atoms with Crippen LogP contribution in [0.1, 0.15) is 10.4 Å². The molecule has 29 heavy (non-hydrogen) atoms. The summed E-state index contributed by atoms with van der Waals surface area (Å²) in [5.41, 5.74) is 2.73. The average Bonchev–Trinajstić information content (AvgIpc) is 3.30. The molecule has 0 atom stereocenters. The third-order valence-electron chi connectivity index (χ3n) is 4.56. The number of nitrogens with zero attached hydrogens (tertiary/aromatic N) is 1. The van der Waals surface area contributed by atoms with Crippen LogP contribution < -0.4 is 15.0 Å². The first-order chi connectivity index (χ1) is 14.0. The van der Waals surface area contributed by atoms with Crippen molar-refractivity contribution < 1.29 is 14.3 Å². The number of rotatable bonds is 5. The smallest absolute Gasteiger partial charge is 0.282 e. The van der Waals surface area contributed by atoms with Gasteiger partial charge in [0.25, 0.3) is 11.8 Å². The second kappa shape index (κ2) is 7.73. The molecule has 5 nitrogen and oxygen atoms in total. The molecule has 0 spiro atoms. The van der Waals surface area contributed by atoms with Crippen LogP contribution in [0.15, 0.2) is 65.7 Å². The highest BCUT2D eigenvalue weighted by Crippen LogP contribution is 2.36. The maximum atomic E-state index is 13.3. The number of imide groups is 1. The van der Waals surface area contributed by atoms with Crippen molar-refractivity contribution in [1.82, 2.24) is 0 Å². The van der Waals surface area contributed by atoms with Crippen molar-refractivity contribution in [2.75, 3.05) is 17.3 Å². The summed E-state index contributed by atoms with van der Waals surface area (Å²) in [5, 5.41) is 5.37. The highest BCUT2D eigenvalue weighted by atomic mass is 35.5. The van der Waals surface area contributed by atoms with Crippen LogP contribution in [0.2, 0.25) is 5.02 Å². The normalized spacial score (nSPS) is 14.0. The Morgan fingerprint density at radius 1 is 1.03 bits per heavy atom. The number of aryl methyl sites for hydroxylation is 1. The van der Waals surface area contributed by atoms with Crippen molar-refractivity contribution in [3.8, 4) is 5.75 Å². The van der Waals surface area contributed by atoms with Gasteiger partial charge in [-0.25, -0.2) is 4.90 Å². The van der Waals surface area contributed by atoms with Crippen LogP contribution in [0.3, 0.4) is 0 Å². The Labute approximate surface area is 177 Å². The molecule has 0 saturated carbocycles. The first-order valence-electron chi connectivity index (χ1n) is 8.83. The molecule has 0 unspecified atom stereocenters. The van der Waals surface area contributed by atoms with E-state index in [-0.39, 0.29) is 11.6 Å². The zero-order chi connectivity index (χ0) is 20.5. The molecule has 2 heterocycles.